The van der Waals surface area contributed by atoms with Gasteiger partial charge < -0.3 is 4.74 Å². The Labute approximate surface area is 117 Å². The largest absolute Gasteiger partial charge is 0.393 e. The zero-order valence-corrected chi connectivity index (χ0v) is 11.1. The van der Waals surface area contributed by atoms with Crippen LogP contribution in [-0.4, -0.2) is 11.9 Å². The summed E-state index contributed by atoms with van der Waals surface area (Å²) in [5, 5.41) is 0. The van der Waals surface area contributed by atoms with E-state index in [4.69, 9.17) is 4.74 Å². The van der Waals surface area contributed by atoms with Gasteiger partial charge in [-0.3, -0.25) is 9.59 Å². The molecule has 1 aliphatic heterocycles. The van der Waals surface area contributed by atoms with Crippen molar-refractivity contribution in [3.63, 3.8) is 0 Å². The van der Waals surface area contributed by atoms with Gasteiger partial charge >= 0.3 is 11.9 Å². The minimum Gasteiger partial charge on any atom is -0.393 e. The second kappa shape index (κ2) is 5.08. The van der Waals surface area contributed by atoms with Crippen molar-refractivity contribution in [2.75, 3.05) is 0 Å². The zero-order chi connectivity index (χ0) is 14.1. The van der Waals surface area contributed by atoms with Crippen molar-refractivity contribution >= 4 is 18.0 Å². The molecule has 0 unspecified atom stereocenters. The average molecular weight is 268 g/mol. The maximum Gasteiger partial charge on any atom is 0.318 e. The van der Waals surface area contributed by atoms with E-state index < -0.39 is 0 Å². The first-order valence-electron chi connectivity index (χ1n) is 6.82. The van der Waals surface area contributed by atoms with Crippen LogP contribution in [0.3, 0.4) is 0 Å². The Morgan fingerprint density at radius 3 is 2.35 bits per heavy atom. The fourth-order valence-corrected chi connectivity index (χ4v) is 3.26. The summed E-state index contributed by atoms with van der Waals surface area (Å²) >= 11 is 0. The molecule has 1 saturated carbocycles. The van der Waals surface area contributed by atoms with E-state index in [9.17, 15) is 9.59 Å². The van der Waals surface area contributed by atoms with Crippen molar-refractivity contribution in [2.45, 2.75) is 6.42 Å². The molecule has 3 nitrogen and oxygen atoms in total. The van der Waals surface area contributed by atoms with Gasteiger partial charge in [0.2, 0.25) is 0 Å². The molecule has 4 atom stereocenters. The number of allylic oxidation sites excluding steroid dienone is 2. The second-order valence-corrected chi connectivity index (χ2v) is 5.36. The molecule has 1 aromatic carbocycles. The molecule has 1 heterocycles. The molecule has 2 aliphatic rings. The van der Waals surface area contributed by atoms with Gasteiger partial charge in [0.05, 0.1) is 11.8 Å². The number of benzene rings is 1. The van der Waals surface area contributed by atoms with Crippen molar-refractivity contribution in [3.05, 3.63) is 54.6 Å². The number of rotatable bonds is 3. The Kier molecular flexibility index (Phi) is 3.26. The van der Waals surface area contributed by atoms with Gasteiger partial charge in [0.25, 0.3) is 0 Å². The molecule has 2 fully saturated rings. The van der Waals surface area contributed by atoms with E-state index in [0.29, 0.717) is 0 Å². The van der Waals surface area contributed by atoms with Gasteiger partial charge in [0.15, 0.2) is 0 Å². The zero-order valence-electron chi connectivity index (χ0n) is 11.1. The van der Waals surface area contributed by atoms with Crippen LogP contribution in [0.5, 0.6) is 0 Å². The Morgan fingerprint density at radius 1 is 1.05 bits per heavy atom. The summed E-state index contributed by atoms with van der Waals surface area (Å²) in [7, 11) is 0. The number of esters is 2. The number of carbonyl (C=O) groups excluding carboxylic acids is 2. The number of hydrogen-bond acceptors (Lipinski definition) is 3. The van der Waals surface area contributed by atoms with E-state index >= 15 is 0 Å². The number of hydrogen-bond donors (Lipinski definition) is 0. The quantitative estimate of drug-likeness (QED) is 0.481. The molecule has 1 aromatic rings. The van der Waals surface area contributed by atoms with Crippen LogP contribution in [-0.2, 0) is 14.3 Å². The molecular weight excluding hydrogens is 252 g/mol. The highest BCUT2D eigenvalue weighted by atomic mass is 16.6. The van der Waals surface area contributed by atoms with Crippen LogP contribution in [0.4, 0.5) is 0 Å². The van der Waals surface area contributed by atoms with Crippen LogP contribution < -0.4 is 0 Å². The monoisotopic (exact) mass is 268 g/mol. The summed E-state index contributed by atoms with van der Waals surface area (Å²) in [5.41, 5.74) is 1.09. The van der Waals surface area contributed by atoms with Crippen molar-refractivity contribution < 1.29 is 14.3 Å². The molecule has 0 N–H and O–H groups in total. The third-order valence-corrected chi connectivity index (χ3v) is 4.24. The Hall–Kier alpha value is -2.16. The molecule has 1 aliphatic carbocycles. The topological polar surface area (TPSA) is 43.4 Å². The number of ether oxygens (including phenoxy) is 1. The molecular formula is C17H16O3. The Bertz CT molecular complexity index is 573. The predicted molar refractivity (Wildman–Crippen MR) is 75.3 cm³/mol. The molecule has 0 bridgehead atoms. The van der Waals surface area contributed by atoms with Crippen LogP contribution in [0.25, 0.3) is 6.08 Å². The Morgan fingerprint density at radius 2 is 1.70 bits per heavy atom. The fraction of sp³-hybridized carbons (Fsp3) is 0.294. The van der Waals surface area contributed by atoms with Crippen LogP contribution >= 0.6 is 0 Å². The lowest BCUT2D eigenvalue weighted by Crippen LogP contribution is -2.19. The van der Waals surface area contributed by atoms with Crippen LogP contribution in [0.1, 0.15) is 12.0 Å². The number of fused-ring (bicyclic) bond motifs is 1. The summed E-state index contributed by atoms with van der Waals surface area (Å²) in [6.45, 7) is 3.77. The lowest BCUT2D eigenvalue weighted by atomic mass is 9.89. The van der Waals surface area contributed by atoms with E-state index in [1.807, 2.05) is 42.5 Å². The summed E-state index contributed by atoms with van der Waals surface area (Å²) in [6, 6.07) is 9.91. The minimum absolute atomic E-state index is 0.0318. The molecule has 3 heteroatoms. The minimum atomic E-state index is -0.388. The summed E-state index contributed by atoms with van der Waals surface area (Å²) < 4.78 is 4.78. The third-order valence-electron chi connectivity index (χ3n) is 4.24. The van der Waals surface area contributed by atoms with E-state index in [-0.39, 0.29) is 35.6 Å². The Balaban J connectivity index is 1.84. The summed E-state index contributed by atoms with van der Waals surface area (Å²) in [6.07, 6.45) is 6.58. The van der Waals surface area contributed by atoms with E-state index in [2.05, 4.69) is 6.58 Å². The number of carbonyl (C=O) groups is 2. The van der Waals surface area contributed by atoms with Crippen LogP contribution in [0.2, 0.25) is 0 Å². The average Bonchev–Trinajstić information content (AvgIpc) is 2.97. The fourth-order valence-electron chi connectivity index (χ4n) is 3.26. The van der Waals surface area contributed by atoms with Gasteiger partial charge in [-0.25, -0.2) is 0 Å². The summed E-state index contributed by atoms with van der Waals surface area (Å²) in [4.78, 5) is 23.6. The van der Waals surface area contributed by atoms with Crippen LogP contribution in [0.15, 0.2) is 49.1 Å². The summed E-state index contributed by atoms with van der Waals surface area (Å²) in [5.74, 6) is -1.38. The third kappa shape index (κ3) is 2.09. The van der Waals surface area contributed by atoms with Crippen molar-refractivity contribution in [3.8, 4) is 0 Å². The van der Waals surface area contributed by atoms with E-state index in [0.717, 1.165) is 12.0 Å². The van der Waals surface area contributed by atoms with Gasteiger partial charge in [0.1, 0.15) is 0 Å². The lowest BCUT2D eigenvalue weighted by molar-refractivity contribution is -0.154. The SMILES string of the molecule is C=C[C@H]1C[C@@H](/C=C/c2ccccc2)[C@H]2C(=O)OC(=O)[C@H]21. The predicted octanol–water partition coefficient (Wildman–Crippen LogP) is 2.84. The maximum absolute atomic E-state index is 11.8. The van der Waals surface area contributed by atoms with Gasteiger partial charge in [-0.05, 0) is 23.8 Å². The highest BCUT2D eigenvalue weighted by Crippen LogP contribution is 2.47. The van der Waals surface area contributed by atoms with Crippen molar-refractivity contribution in [1.82, 2.24) is 0 Å². The molecule has 0 aromatic heterocycles. The van der Waals surface area contributed by atoms with E-state index in [1.165, 1.54) is 0 Å². The highest BCUT2D eigenvalue weighted by molar-refractivity contribution is 5.97. The van der Waals surface area contributed by atoms with Gasteiger partial charge in [0, 0.05) is 0 Å². The first-order chi connectivity index (χ1) is 9.70. The van der Waals surface area contributed by atoms with E-state index in [1.54, 1.807) is 6.08 Å². The smallest absolute Gasteiger partial charge is 0.318 e. The highest BCUT2D eigenvalue weighted by Gasteiger charge is 2.55. The molecule has 0 radical (unpaired) electrons. The molecule has 102 valence electrons. The molecule has 0 amide bonds. The maximum atomic E-state index is 11.8. The molecule has 0 spiro atoms. The first kappa shape index (κ1) is 12.9. The standard InChI is InChI=1S/C17H16O3/c1-2-12-10-13(9-8-11-6-4-3-5-7-11)15-14(12)16(18)20-17(15)19/h2-9,12-15H,1,10H2/b9-8+/t12-,13+,14-,15+/m0/s1. The second-order valence-electron chi connectivity index (χ2n) is 5.36. The normalized spacial score (nSPS) is 32.4. The van der Waals surface area contributed by atoms with Crippen molar-refractivity contribution in [2.24, 2.45) is 23.7 Å². The van der Waals surface area contributed by atoms with Gasteiger partial charge in [-0.2, -0.15) is 0 Å². The molecule has 20 heavy (non-hydrogen) atoms. The van der Waals surface area contributed by atoms with Crippen molar-refractivity contribution in [1.29, 1.82) is 0 Å². The van der Waals surface area contributed by atoms with Crippen LogP contribution in [0, 0.1) is 23.7 Å². The van der Waals surface area contributed by atoms with Gasteiger partial charge in [-0.1, -0.05) is 48.6 Å². The number of cyclic esters (lactones) is 2. The first-order valence-corrected chi connectivity index (χ1v) is 6.82. The molecule has 1 saturated heterocycles. The molecule has 3 rings (SSSR count). The lowest BCUT2D eigenvalue weighted by Gasteiger charge is -2.08. The van der Waals surface area contributed by atoms with Gasteiger partial charge in [-0.15, -0.1) is 6.58 Å².